The van der Waals surface area contributed by atoms with Crippen molar-refractivity contribution in [3.05, 3.63) is 53.1 Å². The SMILES string of the molecule is Cc1cc(OCC(=O)OCC(=O)NC[C@H]2COc3ccccc3O2)ccc1Cl. The van der Waals surface area contributed by atoms with Crippen LogP contribution in [0.4, 0.5) is 0 Å². The zero-order chi connectivity index (χ0) is 19.9. The molecule has 3 rings (SSSR count). The molecule has 1 N–H and O–H groups in total. The number of hydrogen-bond donors (Lipinski definition) is 1. The first-order valence-corrected chi connectivity index (χ1v) is 9.09. The maximum atomic E-state index is 11.9. The van der Waals surface area contributed by atoms with Gasteiger partial charge in [-0.25, -0.2) is 4.79 Å². The molecule has 7 nitrogen and oxygen atoms in total. The third-order valence-corrected chi connectivity index (χ3v) is 4.37. The predicted octanol–water partition coefficient (Wildman–Crippen LogP) is 2.53. The number of nitrogens with one attached hydrogen (secondary N) is 1. The minimum Gasteiger partial charge on any atom is -0.486 e. The van der Waals surface area contributed by atoms with E-state index in [2.05, 4.69) is 5.32 Å². The van der Waals surface area contributed by atoms with Crippen molar-refractivity contribution in [1.29, 1.82) is 0 Å². The number of esters is 1. The molecule has 0 unspecified atom stereocenters. The lowest BCUT2D eigenvalue weighted by atomic mass is 10.2. The summed E-state index contributed by atoms with van der Waals surface area (Å²) in [7, 11) is 0. The van der Waals surface area contributed by atoms with E-state index in [9.17, 15) is 9.59 Å². The molecule has 28 heavy (non-hydrogen) atoms. The van der Waals surface area contributed by atoms with Crippen LogP contribution in [-0.4, -0.2) is 44.3 Å². The van der Waals surface area contributed by atoms with E-state index in [1.54, 1.807) is 24.3 Å². The molecule has 0 bridgehead atoms. The second-order valence-electron chi connectivity index (χ2n) is 6.16. The van der Waals surface area contributed by atoms with Gasteiger partial charge in [-0.05, 0) is 42.8 Å². The Balaban J connectivity index is 1.34. The Labute approximate surface area is 167 Å². The molecule has 1 aliphatic rings. The molecule has 0 spiro atoms. The van der Waals surface area contributed by atoms with E-state index >= 15 is 0 Å². The lowest BCUT2D eigenvalue weighted by Gasteiger charge is -2.26. The first-order chi connectivity index (χ1) is 13.5. The van der Waals surface area contributed by atoms with Gasteiger partial charge in [0.2, 0.25) is 0 Å². The Morgan fingerprint density at radius 1 is 1.18 bits per heavy atom. The summed E-state index contributed by atoms with van der Waals surface area (Å²) < 4.78 is 21.5. The monoisotopic (exact) mass is 405 g/mol. The van der Waals surface area contributed by atoms with Crippen molar-refractivity contribution in [2.24, 2.45) is 0 Å². The van der Waals surface area contributed by atoms with E-state index in [0.29, 0.717) is 28.9 Å². The maximum absolute atomic E-state index is 11.9. The molecule has 0 saturated heterocycles. The molecule has 1 heterocycles. The number of aryl methyl sites for hydroxylation is 1. The molecule has 0 saturated carbocycles. The molecule has 2 aromatic rings. The summed E-state index contributed by atoms with van der Waals surface area (Å²) >= 11 is 5.93. The summed E-state index contributed by atoms with van der Waals surface area (Å²) in [6.45, 7) is 1.70. The minimum absolute atomic E-state index is 0.241. The molecular formula is C20H20ClNO6. The van der Waals surface area contributed by atoms with Crippen molar-refractivity contribution >= 4 is 23.5 Å². The van der Waals surface area contributed by atoms with Crippen LogP contribution >= 0.6 is 11.6 Å². The van der Waals surface area contributed by atoms with Crippen molar-refractivity contribution < 1.29 is 28.5 Å². The highest BCUT2D eigenvalue weighted by atomic mass is 35.5. The number of ether oxygens (including phenoxy) is 4. The van der Waals surface area contributed by atoms with Crippen molar-refractivity contribution in [2.45, 2.75) is 13.0 Å². The van der Waals surface area contributed by atoms with Crippen LogP contribution in [0.15, 0.2) is 42.5 Å². The fourth-order valence-corrected chi connectivity index (χ4v) is 2.60. The van der Waals surface area contributed by atoms with E-state index in [1.807, 2.05) is 25.1 Å². The van der Waals surface area contributed by atoms with Gasteiger partial charge in [0.05, 0.1) is 6.54 Å². The lowest BCUT2D eigenvalue weighted by Crippen LogP contribution is -2.42. The van der Waals surface area contributed by atoms with Crippen molar-refractivity contribution in [3.63, 3.8) is 0 Å². The average Bonchev–Trinajstić information content (AvgIpc) is 2.71. The van der Waals surface area contributed by atoms with Crippen LogP contribution in [0, 0.1) is 6.92 Å². The van der Waals surface area contributed by atoms with E-state index in [-0.39, 0.29) is 19.3 Å². The Morgan fingerprint density at radius 2 is 1.96 bits per heavy atom. The van der Waals surface area contributed by atoms with Gasteiger partial charge in [0, 0.05) is 5.02 Å². The van der Waals surface area contributed by atoms with Gasteiger partial charge >= 0.3 is 5.97 Å². The number of carbonyl (C=O) groups is 2. The van der Waals surface area contributed by atoms with Crippen molar-refractivity contribution in [3.8, 4) is 17.2 Å². The first kappa shape index (κ1) is 19.8. The van der Waals surface area contributed by atoms with Gasteiger partial charge in [-0.15, -0.1) is 0 Å². The number of halogens is 1. The van der Waals surface area contributed by atoms with Gasteiger partial charge in [-0.2, -0.15) is 0 Å². The maximum Gasteiger partial charge on any atom is 0.344 e. The molecule has 0 fully saturated rings. The fraction of sp³-hybridized carbons (Fsp3) is 0.300. The zero-order valence-electron chi connectivity index (χ0n) is 15.3. The molecule has 1 amide bonds. The zero-order valence-corrected chi connectivity index (χ0v) is 16.0. The number of para-hydroxylation sites is 2. The quantitative estimate of drug-likeness (QED) is 0.713. The fourth-order valence-electron chi connectivity index (χ4n) is 2.48. The molecule has 2 aromatic carbocycles. The smallest absolute Gasteiger partial charge is 0.344 e. The highest BCUT2D eigenvalue weighted by Gasteiger charge is 2.21. The molecular weight excluding hydrogens is 386 g/mol. The van der Waals surface area contributed by atoms with Gasteiger partial charge in [0.15, 0.2) is 24.7 Å². The number of amides is 1. The molecule has 1 atom stereocenters. The van der Waals surface area contributed by atoms with Gasteiger partial charge in [0.1, 0.15) is 18.5 Å². The second-order valence-corrected chi connectivity index (χ2v) is 6.57. The highest BCUT2D eigenvalue weighted by molar-refractivity contribution is 6.31. The number of carbonyl (C=O) groups excluding carboxylic acids is 2. The highest BCUT2D eigenvalue weighted by Crippen LogP contribution is 2.30. The third-order valence-electron chi connectivity index (χ3n) is 3.94. The van der Waals surface area contributed by atoms with Crippen molar-refractivity contribution in [1.82, 2.24) is 5.32 Å². The van der Waals surface area contributed by atoms with Crippen LogP contribution in [0.3, 0.4) is 0 Å². The number of hydrogen-bond acceptors (Lipinski definition) is 6. The topological polar surface area (TPSA) is 83.1 Å². The van der Waals surface area contributed by atoms with E-state index in [0.717, 1.165) is 5.56 Å². The summed E-state index contributed by atoms with van der Waals surface area (Å²) in [6, 6.07) is 12.4. The summed E-state index contributed by atoms with van der Waals surface area (Å²) in [4.78, 5) is 23.6. The molecule has 0 aliphatic carbocycles. The standard InChI is InChI=1S/C20H20ClNO6/c1-13-8-14(6-7-16(13)21)25-12-20(24)27-11-19(23)22-9-15-10-26-17-4-2-3-5-18(17)28-15/h2-8,15H,9-12H2,1H3,(H,22,23)/t15-/m0/s1. The van der Waals surface area contributed by atoms with Crippen LogP contribution in [0.25, 0.3) is 0 Å². The lowest BCUT2D eigenvalue weighted by molar-refractivity contribution is -0.150. The Kier molecular flexibility index (Phi) is 6.60. The summed E-state index contributed by atoms with van der Waals surface area (Å²) in [5, 5.41) is 3.26. The van der Waals surface area contributed by atoms with Crippen molar-refractivity contribution in [2.75, 3.05) is 26.4 Å². The molecule has 8 heteroatoms. The molecule has 148 valence electrons. The molecule has 0 radical (unpaired) electrons. The minimum atomic E-state index is -0.645. The van der Waals surface area contributed by atoms with Gasteiger partial charge in [0.25, 0.3) is 5.91 Å². The first-order valence-electron chi connectivity index (χ1n) is 8.71. The third kappa shape index (κ3) is 5.53. The van der Waals surface area contributed by atoms with Crippen LogP contribution in [0.5, 0.6) is 17.2 Å². The summed E-state index contributed by atoms with van der Waals surface area (Å²) in [5.41, 5.74) is 0.837. The van der Waals surface area contributed by atoms with Gasteiger partial charge in [-0.3, -0.25) is 4.79 Å². The molecule has 0 aromatic heterocycles. The largest absolute Gasteiger partial charge is 0.486 e. The van der Waals surface area contributed by atoms with Crippen LogP contribution < -0.4 is 19.5 Å². The van der Waals surface area contributed by atoms with Crippen LogP contribution in [-0.2, 0) is 14.3 Å². The van der Waals surface area contributed by atoms with Crippen LogP contribution in [0.1, 0.15) is 5.56 Å². The summed E-state index contributed by atoms with van der Waals surface area (Å²) in [6.07, 6.45) is -0.314. The second kappa shape index (κ2) is 9.32. The Bertz CT molecular complexity index is 856. The predicted molar refractivity (Wildman–Crippen MR) is 102 cm³/mol. The van der Waals surface area contributed by atoms with E-state index in [4.69, 9.17) is 30.5 Å². The number of benzene rings is 2. The van der Waals surface area contributed by atoms with Gasteiger partial charge in [-0.1, -0.05) is 23.7 Å². The van der Waals surface area contributed by atoms with E-state index in [1.165, 1.54) is 0 Å². The number of fused-ring (bicyclic) bond motifs is 1. The van der Waals surface area contributed by atoms with Crippen LogP contribution in [0.2, 0.25) is 5.02 Å². The number of rotatable bonds is 7. The summed E-state index contributed by atoms with van der Waals surface area (Å²) in [5.74, 6) is 0.731. The Hall–Kier alpha value is -2.93. The van der Waals surface area contributed by atoms with E-state index < -0.39 is 18.5 Å². The normalized spacial score (nSPS) is 14.9. The molecule has 1 aliphatic heterocycles. The van der Waals surface area contributed by atoms with Gasteiger partial charge < -0.3 is 24.3 Å². The average molecular weight is 406 g/mol. The Morgan fingerprint density at radius 3 is 2.75 bits per heavy atom.